The molecule has 0 aliphatic carbocycles. The van der Waals surface area contributed by atoms with Crippen LogP contribution in [-0.4, -0.2) is 53.8 Å². The van der Waals surface area contributed by atoms with Crippen LogP contribution in [0.4, 0.5) is 0 Å². The number of ether oxygens (including phenoxy) is 1. The number of benzene rings is 1. The summed E-state index contributed by atoms with van der Waals surface area (Å²) in [5, 5.41) is 4.55. The Morgan fingerprint density at radius 2 is 1.96 bits per heavy atom. The van der Waals surface area contributed by atoms with Gasteiger partial charge in [-0.3, -0.25) is 0 Å². The molecule has 3 heterocycles. The Kier molecular flexibility index (Phi) is 4.61. The summed E-state index contributed by atoms with van der Waals surface area (Å²) in [6.45, 7) is 1.06. The number of piperidine rings is 1. The normalized spacial score (nSPS) is 18.7. The molecule has 0 bridgehead atoms. The molecule has 0 amide bonds. The molecule has 0 radical (unpaired) electrons. The van der Waals surface area contributed by atoms with Gasteiger partial charge in [0.15, 0.2) is 5.65 Å². The first kappa shape index (κ1) is 17.9. The van der Waals surface area contributed by atoms with E-state index in [-0.39, 0.29) is 5.92 Å². The number of methoxy groups -OCH3 is 1. The van der Waals surface area contributed by atoms with Crippen molar-refractivity contribution >= 4 is 15.7 Å². The second-order valence-corrected chi connectivity index (χ2v) is 8.83. The van der Waals surface area contributed by atoms with Crippen LogP contribution in [0.5, 0.6) is 5.75 Å². The van der Waals surface area contributed by atoms with Gasteiger partial charge in [-0.1, -0.05) is 12.1 Å². The maximum Gasteiger partial charge on any atom is 0.211 e. The number of hydrogen-bond donors (Lipinski definition) is 0. The third-order valence-electron chi connectivity index (χ3n) is 5.10. The Morgan fingerprint density at radius 3 is 2.67 bits per heavy atom. The van der Waals surface area contributed by atoms with Crippen LogP contribution < -0.4 is 4.74 Å². The van der Waals surface area contributed by atoms with Crippen LogP contribution in [0.25, 0.3) is 16.8 Å². The molecule has 0 saturated carbocycles. The molecule has 3 aromatic rings. The van der Waals surface area contributed by atoms with E-state index in [1.54, 1.807) is 17.6 Å². The Hall–Kier alpha value is -2.45. The Balaban J connectivity index is 1.72. The number of hydrogen-bond acceptors (Lipinski definition) is 5. The summed E-state index contributed by atoms with van der Waals surface area (Å²) in [6, 6.07) is 9.72. The molecule has 27 heavy (non-hydrogen) atoms. The van der Waals surface area contributed by atoms with Crippen LogP contribution in [-0.2, 0) is 10.0 Å². The van der Waals surface area contributed by atoms with E-state index in [0.717, 1.165) is 41.1 Å². The van der Waals surface area contributed by atoms with Gasteiger partial charge in [0.1, 0.15) is 5.75 Å². The lowest BCUT2D eigenvalue weighted by molar-refractivity contribution is 0.312. The first-order chi connectivity index (χ1) is 13.0. The van der Waals surface area contributed by atoms with E-state index < -0.39 is 10.0 Å². The standard InChI is InChI=1S/C19H22N4O3S/c1-26-16-7-5-14(6-8-16)17-12-21-23-18(9-10-20-19(17)23)15-4-3-11-22(13-15)27(2,24)25/h5-10,12,15H,3-4,11,13H2,1-2H3. The summed E-state index contributed by atoms with van der Waals surface area (Å²) >= 11 is 0. The minimum Gasteiger partial charge on any atom is -0.497 e. The van der Waals surface area contributed by atoms with Gasteiger partial charge >= 0.3 is 0 Å². The topological polar surface area (TPSA) is 76.8 Å². The predicted molar refractivity (Wildman–Crippen MR) is 103 cm³/mol. The van der Waals surface area contributed by atoms with Gasteiger partial charge in [-0.15, -0.1) is 0 Å². The summed E-state index contributed by atoms with van der Waals surface area (Å²) in [5.74, 6) is 0.898. The molecule has 4 rings (SSSR count). The molecule has 7 nitrogen and oxygen atoms in total. The lowest BCUT2D eigenvalue weighted by Crippen LogP contribution is -2.38. The van der Waals surface area contributed by atoms with Gasteiger partial charge in [-0.25, -0.2) is 22.2 Å². The molecule has 2 aromatic heterocycles. The predicted octanol–water partition coefficient (Wildman–Crippen LogP) is 2.54. The first-order valence-electron chi connectivity index (χ1n) is 8.89. The van der Waals surface area contributed by atoms with E-state index in [2.05, 4.69) is 10.1 Å². The Bertz CT molecular complexity index is 1060. The highest BCUT2D eigenvalue weighted by atomic mass is 32.2. The molecule has 8 heteroatoms. The molecule has 1 saturated heterocycles. The molecular weight excluding hydrogens is 364 g/mol. The number of rotatable bonds is 4. The van der Waals surface area contributed by atoms with Crippen LogP contribution >= 0.6 is 0 Å². The average molecular weight is 386 g/mol. The molecule has 0 N–H and O–H groups in total. The van der Waals surface area contributed by atoms with E-state index in [1.807, 2.05) is 41.0 Å². The largest absolute Gasteiger partial charge is 0.497 e. The SMILES string of the molecule is COc1ccc(-c2cnn3c(C4CCCN(S(C)(=O)=O)C4)ccnc23)cc1. The summed E-state index contributed by atoms with van der Waals surface area (Å²) in [5.41, 5.74) is 3.72. The fraction of sp³-hybridized carbons (Fsp3) is 0.368. The van der Waals surface area contributed by atoms with Crippen LogP contribution in [0.2, 0.25) is 0 Å². The fourth-order valence-corrected chi connectivity index (χ4v) is 4.59. The van der Waals surface area contributed by atoms with Gasteiger partial charge in [-0.05, 0) is 36.6 Å². The zero-order valence-corrected chi connectivity index (χ0v) is 16.2. The molecule has 1 atom stereocenters. The van der Waals surface area contributed by atoms with Crippen molar-refractivity contribution in [1.29, 1.82) is 0 Å². The first-order valence-corrected chi connectivity index (χ1v) is 10.7. The lowest BCUT2D eigenvalue weighted by atomic mass is 9.96. The zero-order valence-electron chi connectivity index (χ0n) is 15.4. The third-order valence-corrected chi connectivity index (χ3v) is 6.37. The summed E-state index contributed by atoms with van der Waals surface area (Å²) < 4.78 is 32.5. The van der Waals surface area contributed by atoms with Gasteiger partial charge in [-0.2, -0.15) is 5.10 Å². The monoisotopic (exact) mass is 386 g/mol. The van der Waals surface area contributed by atoms with Gasteiger partial charge in [0, 0.05) is 30.8 Å². The van der Waals surface area contributed by atoms with Crippen molar-refractivity contribution in [2.24, 2.45) is 0 Å². The second kappa shape index (κ2) is 6.94. The summed E-state index contributed by atoms with van der Waals surface area (Å²) in [7, 11) is -1.55. The third kappa shape index (κ3) is 3.42. The van der Waals surface area contributed by atoms with Crippen molar-refractivity contribution in [2.45, 2.75) is 18.8 Å². The highest BCUT2D eigenvalue weighted by molar-refractivity contribution is 7.88. The Morgan fingerprint density at radius 1 is 1.19 bits per heavy atom. The van der Waals surface area contributed by atoms with Gasteiger partial charge < -0.3 is 4.74 Å². The average Bonchev–Trinajstić information content (AvgIpc) is 3.12. The van der Waals surface area contributed by atoms with Crippen molar-refractivity contribution in [2.75, 3.05) is 26.5 Å². The quantitative estimate of drug-likeness (QED) is 0.689. The molecule has 1 unspecified atom stereocenters. The number of aromatic nitrogens is 3. The van der Waals surface area contributed by atoms with Gasteiger partial charge in [0.05, 0.1) is 25.3 Å². The minimum absolute atomic E-state index is 0.0996. The van der Waals surface area contributed by atoms with Crippen molar-refractivity contribution < 1.29 is 13.2 Å². The van der Waals surface area contributed by atoms with Crippen molar-refractivity contribution in [3.63, 3.8) is 0 Å². The van der Waals surface area contributed by atoms with E-state index in [1.165, 1.54) is 6.26 Å². The van der Waals surface area contributed by atoms with E-state index in [0.29, 0.717) is 13.1 Å². The van der Waals surface area contributed by atoms with Crippen LogP contribution in [0, 0.1) is 0 Å². The zero-order chi connectivity index (χ0) is 19.0. The maximum absolute atomic E-state index is 11.9. The van der Waals surface area contributed by atoms with E-state index in [9.17, 15) is 8.42 Å². The molecule has 1 aliphatic rings. The fourth-order valence-electron chi connectivity index (χ4n) is 3.68. The molecule has 1 aliphatic heterocycles. The molecule has 142 valence electrons. The van der Waals surface area contributed by atoms with Crippen LogP contribution in [0.1, 0.15) is 24.5 Å². The van der Waals surface area contributed by atoms with Crippen LogP contribution in [0.3, 0.4) is 0 Å². The summed E-state index contributed by atoms with van der Waals surface area (Å²) in [6.07, 6.45) is 6.63. The maximum atomic E-state index is 11.9. The summed E-state index contributed by atoms with van der Waals surface area (Å²) in [4.78, 5) is 4.52. The lowest BCUT2D eigenvalue weighted by Gasteiger charge is -2.31. The van der Waals surface area contributed by atoms with E-state index in [4.69, 9.17) is 4.74 Å². The smallest absolute Gasteiger partial charge is 0.211 e. The Labute approximate surface area is 158 Å². The molecule has 1 fully saturated rings. The number of fused-ring (bicyclic) bond motifs is 1. The molecular formula is C19H22N4O3S. The number of sulfonamides is 1. The van der Waals surface area contributed by atoms with Crippen molar-refractivity contribution in [1.82, 2.24) is 18.9 Å². The minimum atomic E-state index is -3.19. The van der Waals surface area contributed by atoms with Crippen LogP contribution in [0.15, 0.2) is 42.7 Å². The second-order valence-electron chi connectivity index (χ2n) is 6.85. The highest BCUT2D eigenvalue weighted by Gasteiger charge is 2.28. The van der Waals surface area contributed by atoms with E-state index >= 15 is 0 Å². The van der Waals surface area contributed by atoms with Crippen molar-refractivity contribution in [3.8, 4) is 16.9 Å². The van der Waals surface area contributed by atoms with Gasteiger partial charge in [0.25, 0.3) is 0 Å². The molecule has 0 spiro atoms. The highest BCUT2D eigenvalue weighted by Crippen LogP contribution is 2.31. The van der Waals surface area contributed by atoms with Crippen molar-refractivity contribution in [3.05, 3.63) is 48.4 Å². The molecule has 1 aromatic carbocycles. The number of nitrogens with zero attached hydrogens (tertiary/aromatic N) is 4. The van der Waals surface area contributed by atoms with Gasteiger partial charge in [0.2, 0.25) is 10.0 Å².